The highest BCUT2D eigenvalue weighted by Crippen LogP contribution is 2.17. The van der Waals surface area contributed by atoms with E-state index < -0.39 is 6.04 Å². The first-order valence-corrected chi connectivity index (χ1v) is 9.21. The predicted molar refractivity (Wildman–Crippen MR) is 96.3 cm³/mol. The largest absolute Gasteiger partial charge is 0.341 e. The Bertz CT molecular complexity index is 705. The van der Waals surface area contributed by atoms with Crippen LogP contribution in [0.15, 0.2) is 41.8 Å². The Balaban J connectivity index is 1.77. The number of carbonyl (C=O) groups is 2. The maximum Gasteiger partial charge on any atom is 0.262 e. The molecular weight excluding hydrogens is 320 g/mol. The van der Waals surface area contributed by atoms with E-state index >= 15 is 0 Å². The number of thiophene rings is 1. The van der Waals surface area contributed by atoms with E-state index in [4.69, 9.17) is 0 Å². The van der Waals surface area contributed by atoms with Crippen LogP contribution in [0, 0.1) is 6.92 Å². The van der Waals surface area contributed by atoms with Crippen LogP contribution in [-0.4, -0.2) is 35.8 Å². The molecule has 2 amide bonds. The summed E-state index contributed by atoms with van der Waals surface area (Å²) in [7, 11) is 0. The van der Waals surface area contributed by atoms with Crippen LogP contribution in [0.25, 0.3) is 0 Å². The molecule has 0 aliphatic carbocycles. The van der Waals surface area contributed by atoms with E-state index in [2.05, 4.69) is 5.32 Å². The lowest BCUT2D eigenvalue weighted by Gasteiger charge is -2.24. The molecule has 1 aromatic heterocycles. The smallest absolute Gasteiger partial charge is 0.262 e. The van der Waals surface area contributed by atoms with Gasteiger partial charge in [-0.1, -0.05) is 30.3 Å². The summed E-state index contributed by atoms with van der Waals surface area (Å²) in [6.07, 6.45) is 2.61. The van der Waals surface area contributed by atoms with E-state index in [1.165, 1.54) is 11.3 Å². The van der Waals surface area contributed by atoms with Crippen LogP contribution < -0.4 is 5.32 Å². The van der Waals surface area contributed by atoms with E-state index in [1.54, 1.807) is 0 Å². The minimum absolute atomic E-state index is 0.0268. The minimum atomic E-state index is -0.514. The van der Waals surface area contributed by atoms with Crippen LogP contribution in [-0.2, 0) is 11.2 Å². The molecule has 126 valence electrons. The van der Waals surface area contributed by atoms with Crippen molar-refractivity contribution in [1.29, 1.82) is 0 Å². The quantitative estimate of drug-likeness (QED) is 0.908. The van der Waals surface area contributed by atoms with Gasteiger partial charge in [-0.25, -0.2) is 0 Å². The van der Waals surface area contributed by atoms with E-state index in [-0.39, 0.29) is 11.8 Å². The van der Waals surface area contributed by atoms with Gasteiger partial charge in [0.1, 0.15) is 6.04 Å². The van der Waals surface area contributed by atoms with Gasteiger partial charge >= 0.3 is 0 Å². The normalized spacial score (nSPS) is 15.3. The van der Waals surface area contributed by atoms with Crippen LogP contribution in [0.4, 0.5) is 0 Å². The van der Waals surface area contributed by atoms with Gasteiger partial charge in [0, 0.05) is 19.5 Å². The summed E-state index contributed by atoms with van der Waals surface area (Å²) in [5, 5.41) is 4.87. The molecule has 1 saturated heterocycles. The SMILES string of the molecule is Cc1ccsc1C(=O)N[C@@H](Cc1ccccc1)C(=O)N1CCCC1. The van der Waals surface area contributed by atoms with Gasteiger partial charge in [0.2, 0.25) is 5.91 Å². The Labute approximate surface area is 146 Å². The highest BCUT2D eigenvalue weighted by atomic mass is 32.1. The molecule has 1 aromatic carbocycles. The first-order valence-electron chi connectivity index (χ1n) is 8.33. The molecule has 2 heterocycles. The van der Waals surface area contributed by atoms with Crippen LogP contribution in [0.1, 0.15) is 33.6 Å². The summed E-state index contributed by atoms with van der Waals surface area (Å²) in [5.74, 6) is -0.130. The molecule has 1 N–H and O–H groups in total. The maximum absolute atomic E-state index is 12.9. The van der Waals surface area contributed by atoms with Crippen molar-refractivity contribution in [3.05, 3.63) is 57.8 Å². The maximum atomic E-state index is 12.9. The molecule has 3 rings (SSSR count). The van der Waals surface area contributed by atoms with Crippen LogP contribution in [0.5, 0.6) is 0 Å². The van der Waals surface area contributed by atoms with Gasteiger partial charge in [0.15, 0.2) is 0 Å². The monoisotopic (exact) mass is 342 g/mol. The third kappa shape index (κ3) is 3.85. The highest BCUT2D eigenvalue weighted by Gasteiger charge is 2.28. The number of nitrogens with one attached hydrogen (secondary N) is 1. The summed E-state index contributed by atoms with van der Waals surface area (Å²) in [6.45, 7) is 3.50. The van der Waals surface area contributed by atoms with Crippen LogP contribution in [0.2, 0.25) is 0 Å². The van der Waals surface area contributed by atoms with Gasteiger partial charge in [-0.2, -0.15) is 0 Å². The fourth-order valence-corrected chi connectivity index (χ4v) is 3.87. The fourth-order valence-electron chi connectivity index (χ4n) is 3.04. The molecule has 1 fully saturated rings. The molecule has 1 aliphatic rings. The first kappa shape index (κ1) is 16.7. The van der Waals surface area contributed by atoms with Gasteiger partial charge in [-0.05, 0) is 42.3 Å². The molecular formula is C19H22N2O2S. The number of hydrogen-bond donors (Lipinski definition) is 1. The standard InChI is InChI=1S/C19H22N2O2S/c1-14-9-12-24-17(14)18(22)20-16(13-15-7-3-2-4-8-15)19(23)21-10-5-6-11-21/h2-4,7-9,12,16H,5-6,10-11,13H2,1H3,(H,20,22)/t16-/m0/s1. The zero-order valence-electron chi connectivity index (χ0n) is 13.8. The third-order valence-corrected chi connectivity index (χ3v) is 5.39. The number of benzene rings is 1. The average Bonchev–Trinajstić information content (AvgIpc) is 3.26. The van der Waals surface area contributed by atoms with Crippen molar-refractivity contribution in [3.63, 3.8) is 0 Å². The number of rotatable bonds is 5. The van der Waals surface area contributed by atoms with Gasteiger partial charge in [-0.3, -0.25) is 9.59 Å². The Hall–Kier alpha value is -2.14. The Kier molecular flexibility index (Phi) is 5.30. The van der Waals surface area contributed by atoms with Crippen molar-refractivity contribution in [2.24, 2.45) is 0 Å². The Morgan fingerprint density at radius 1 is 1.17 bits per heavy atom. The molecule has 0 unspecified atom stereocenters. The number of hydrogen-bond acceptors (Lipinski definition) is 3. The van der Waals surface area contributed by atoms with Crippen molar-refractivity contribution in [2.75, 3.05) is 13.1 Å². The van der Waals surface area contributed by atoms with E-state index in [0.29, 0.717) is 11.3 Å². The molecule has 0 spiro atoms. The second kappa shape index (κ2) is 7.62. The zero-order chi connectivity index (χ0) is 16.9. The lowest BCUT2D eigenvalue weighted by Crippen LogP contribution is -2.48. The summed E-state index contributed by atoms with van der Waals surface area (Å²) >= 11 is 1.41. The molecule has 1 aliphatic heterocycles. The van der Waals surface area contributed by atoms with Crippen molar-refractivity contribution < 1.29 is 9.59 Å². The summed E-state index contributed by atoms with van der Waals surface area (Å²) in [6, 6.07) is 11.3. The van der Waals surface area contributed by atoms with Crippen LogP contribution in [0.3, 0.4) is 0 Å². The molecule has 0 saturated carbocycles. The van der Waals surface area contributed by atoms with Gasteiger partial charge < -0.3 is 10.2 Å². The number of likely N-dealkylation sites (tertiary alicyclic amines) is 1. The molecule has 5 heteroatoms. The topological polar surface area (TPSA) is 49.4 Å². The number of aryl methyl sites for hydroxylation is 1. The van der Waals surface area contributed by atoms with Crippen LogP contribution >= 0.6 is 11.3 Å². The summed E-state index contributed by atoms with van der Waals surface area (Å²) in [5.41, 5.74) is 2.00. The zero-order valence-corrected chi connectivity index (χ0v) is 14.6. The fraction of sp³-hybridized carbons (Fsp3) is 0.368. The van der Waals surface area contributed by atoms with Crippen molar-refractivity contribution in [2.45, 2.75) is 32.2 Å². The Morgan fingerprint density at radius 3 is 2.50 bits per heavy atom. The van der Waals surface area contributed by atoms with Crippen molar-refractivity contribution in [1.82, 2.24) is 10.2 Å². The van der Waals surface area contributed by atoms with Gasteiger partial charge in [-0.15, -0.1) is 11.3 Å². The third-order valence-electron chi connectivity index (χ3n) is 4.37. The molecule has 1 atom stereocenters. The molecule has 0 bridgehead atoms. The summed E-state index contributed by atoms with van der Waals surface area (Å²) < 4.78 is 0. The number of nitrogens with zero attached hydrogens (tertiary/aromatic N) is 1. The lowest BCUT2D eigenvalue weighted by atomic mass is 10.0. The predicted octanol–water partition coefficient (Wildman–Crippen LogP) is 3.02. The molecule has 0 radical (unpaired) electrons. The molecule has 24 heavy (non-hydrogen) atoms. The Morgan fingerprint density at radius 2 is 1.88 bits per heavy atom. The summed E-state index contributed by atoms with van der Waals surface area (Å²) in [4.78, 5) is 28.0. The van der Waals surface area contributed by atoms with Gasteiger partial charge in [0.25, 0.3) is 5.91 Å². The number of carbonyl (C=O) groups excluding carboxylic acids is 2. The second-order valence-electron chi connectivity index (χ2n) is 6.18. The average molecular weight is 342 g/mol. The van der Waals surface area contributed by atoms with E-state index in [1.807, 2.05) is 53.6 Å². The lowest BCUT2D eigenvalue weighted by molar-refractivity contribution is -0.132. The van der Waals surface area contributed by atoms with Gasteiger partial charge in [0.05, 0.1) is 4.88 Å². The van der Waals surface area contributed by atoms with Crippen molar-refractivity contribution >= 4 is 23.2 Å². The van der Waals surface area contributed by atoms with E-state index in [0.717, 1.165) is 37.1 Å². The first-order chi connectivity index (χ1) is 11.6. The molecule has 4 nitrogen and oxygen atoms in total. The number of amides is 2. The minimum Gasteiger partial charge on any atom is -0.341 e. The van der Waals surface area contributed by atoms with Crippen molar-refractivity contribution in [3.8, 4) is 0 Å². The highest BCUT2D eigenvalue weighted by molar-refractivity contribution is 7.12. The second-order valence-corrected chi connectivity index (χ2v) is 7.10. The van der Waals surface area contributed by atoms with E-state index in [9.17, 15) is 9.59 Å². The molecule has 2 aromatic rings.